The van der Waals surface area contributed by atoms with Crippen molar-refractivity contribution in [2.24, 2.45) is 0 Å². The fourth-order valence-electron chi connectivity index (χ4n) is 2.59. The number of benzene rings is 2. The van der Waals surface area contributed by atoms with Crippen LogP contribution >= 0.6 is 0 Å². The summed E-state index contributed by atoms with van der Waals surface area (Å²) in [5, 5.41) is 8.89. The molecule has 2 aromatic carbocycles. The molecule has 0 fully saturated rings. The third-order valence-electron chi connectivity index (χ3n) is 3.99. The Hall–Kier alpha value is -3.38. The second-order valence-electron chi connectivity index (χ2n) is 6.04. The molecule has 0 saturated carbocycles. The maximum atomic E-state index is 12.6. The number of hydrogen-bond donors (Lipinski definition) is 1. The first-order valence-electron chi connectivity index (χ1n) is 8.79. The molecule has 0 saturated heterocycles. The lowest BCUT2D eigenvalue weighted by molar-refractivity contribution is -0.140. The van der Waals surface area contributed by atoms with Gasteiger partial charge in [0.15, 0.2) is 6.29 Å². The largest absolute Gasteiger partial charge is 0.464 e. The quantitative estimate of drug-likeness (QED) is 0.468. The molecule has 0 aliphatic carbocycles. The van der Waals surface area contributed by atoms with Crippen molar-refractivity contribution < 1.29 is 22.7 Å². The van der Waals surface area contributed by atoms with E-state index in [2.05, 4.69) is 4.72 Å². The number of hydrogen-bond acceptors (Lipinski definition) is 7. The van der Waals surface area contributed by atoms with Crippen LogP contribution in [0.2, 0.25) is 0 Å². The van der Waals surface area contributed by atoms with Gasteiger partial charge in [0.25, 0.3) is 10.0 Å². The van der Waals surface area contributed by atoms with Gasteiger partial charge in [-0.25, -0.2) is 8.42 Å². The molecule has 0 radical (unpaired) electrons. The Morgan fingerprint density at radius 3 is 2.55 bits per heavy atom. The van der Waals surface area contributed by atoms with E-state index in [1.807, 2.05) is 6.07 Å². The van der Waals surface area contributed by atoms with Gasteiger partial charge in [0.05, 0.1) is 29.6 Å². The molecule has 0 heterocycles. The molecule has 1 N–H and O–H groups in total. The third kappa shape index (κ3) is 6.33. The Bertz CT molecular complexity index is 1000. The van der Waals surface area contributed by atoms with Crippen LogP contribution in [0.3, 0.4) is 0 Å². The van der Waals surface area contributed by atoms with Crippen molar-refractivity contribution in [2.75, 3.05) is 29.3 Å². The Morgan fingerprint density at radius 2 is 1.93 bits per heavy atom. The summed E-state index contributed by atoms with van der Waals surface area (Å²) in [7, 11) is -3.88. The second-order valence-corrected chi connectivity index (χ2v) is 7.73. The minimum absolute atomic E-state index is 0.0680. The van der Waals surface area contributed by atoms with Crippen molar-refractivity contribution in [3.8, 4) is 6.07 Å². The molecule has 0 unspecified atom stereocenters. The number of aldehydes is 1. The van der Waals surface area contributed by atoms with Crippen LogP contribution in [0.1, 0.15) is 23.7 Å². The number of anilines is 2. The van der Waals surface area contributed by atoms with E-state index in [0.717, 1.165) is 0 Å². The van der Waals surface area contributed by atoms with Crippen LogP contribution in [0.5, 0.6) is 0 Å². The van der Waals surface area contributed by atoms with Gasteiger partial charge in [0.2, 0.25) is 0 Å². The van der Waals surface area contributed by atoms with Gasteiger partial charge >= 0.3 is 5.97 Å². The standard InChI is InChI=1S/C20H21N3O5S/c1-16(25)28-13-12-23(11-5-10-21)18-9-8-17(15-24)20(14-18)22-29(26,27)19-6-3-2-4-7-19/h2-4,6-9,14-15,22H,5,11-13H2,1H3. The van der Waals surface area contributed by atoms with Gasteiger partial charge in [-0.1, -0.05) is 18.2 Å². The fraction of sp³-hybridized carbons (Fsp3) is 0.250. The highest BCUT2D eigenvalue weighted by atomic mass is 32.2. The summed E-state index contributed by atoms with van der Waals surface area (Å²) < 4.78 is 32.7. The van der Waals surface area contributed by atoms with E-state index in [1.54, 1.807) is 29.2 Å². The van der Waals surface area contributed by atoms with Crippen LogP contribution in [-0.4, -0.2) is 40.4 Å². The predicted octanol–water partition coefficient (Wildman–Crippen LogP) is 2.58. The zero-order valence-corrected chi connectivity index (χ0v) is 16.7. The lowest BCUT2D eigenvalue weighted by atomic mass is 10.1. The van der Waals surface area contributed by atoms with Crippen LogP contribution in [0.4, 0.5) is 11.4 Å². The lowest BCUT2D eigenvalue weighted by Gasteiger charge is -2.24. The number of carbonyl (C=O) groups is 2. The number of ether oxygens (including phenoxy) is 1. The average molecular weight is 415 g/mol. The molecule has 0 atom stereocenters. The minimum atomic E-state index is -3.88. The number of sulfonamides is 1. The van der Waals surface area contributed by atoms with Gasteiger partial charge in [0.1, 0.15) is 6.61 Å². The molecule has 0 aliphatic rings. The topological polar surface area (TPSA) is 117 Å². The summed E-state index contributed by atoms with van der Waals surface area (Å²) in [6.07, 6.45) is 0.783. The molecule has 152 valence electrons. The summed E-state index contributed by atoms with van der Waals surface area (Å²) in [4.78, 5) is 24.2. The molecule has 9 heteroatoms. The Labute approximate surface area is 169 Å². The normalized spacial score (nSPS) is 10.6. The smallest absolute Gasteiger partial charge is 0.302 e. The molecule has 2 rings (SSSR count). The van der Waals surface area contributed by atoms with Gasteiger partial charge < -0.3 is 9.64 Å². The first kappa shape index (κ1) is 21.9. The summed E-state index contributed by atoms with van der Waals surface area (Å²) >= 11 is 0. The Morgan fingerprint density at radius 1 is 1.21 bits per heavy atom. The van der Waals surface area contributed by atoms with Gasteiger partial charge in [0, 0.05) is 24.7 Å². The zero-order valence-electron chi connectivity index (χ0n) is 15.9. The van der Waals surface area contributed by atoms with E-state index in [1.165, 1.54) is 31.2 Å². The summed E-state index contributed by atoms with van der Waals surface area (Å²) in [6.45, 7) is 2.08. The first-order chi connectivity index (χ1) is 13.9. The van der Waals surface area contributed by atoms with Crippen molar-refractivity contribution in [2.45, 2.75) is 18.2 Å². The minimum Gasteiger partial charge on any atom is -0.464 e. The van der Waals surface area contributed by atoms with Gasteiger partial charge in [-0.15, -0.1) is 0 Å². The fourth-order valence-corrected chi connectivity index (χ4v) is 3.69. The molecule has 0 spiro atoms. The highest BCUT2D eigenvalue weighted by Gasteiger charge is 2.17. The molecular formula is C20H21N3O5S. The van der Waals surface area contributed by atoms with Crippen molar-refractivity contribution in [1.82, 2.24) is 0 Å². The van der Waals surface area contributed by atoms with E-state index >= 15 is 0 Å². The maximum Gasteiger partial charge on any atom is 0.302 e. The number of carbonyl (C=O) groups excluding carboxylic acids is 2. The van der Waals surface area contributed by atoms with E-state index in [9.17, 15) is 18.0 Å². The molecule has 0 amide bonds. The second kappa shape index (κ2) is 10.2. The van der Waals surface area contributed by atoms with Crippen molar-refractivity contribution in [3.05, 3.63) is 54.1 Å². The van der Waals surface area contributed by atoms with Gasteiger partial charge in [-0.2, -0.15) is 5.26 Å². The Kier molecular flexibility index (Phi) is 7.74. The molecule has 29 heavy (non-hydrogen) atoms. The predicted molar refractivity (Wildman–Crippen MR) is 108 cm³/mol. The van der Waals surface area contributed by atoms with Crippen molar-refractivity contribution >= 4 is 33.7 Å². The molecule has 0 aromatic heterocycles. The molecule has 2 aromatic rings. The zero-order chi connectivity index (χ0) is 21.3. The van der Waals surface area contributed by atoms with Crippen LogP contribution in [0, 0.1) is 11.3 Å². The highest BCUT2D eigenvalue weighted by Crippen LogP contribution is 2.25. The molecule has 0 bridgehead atoms. The van der Waals surface area contributed by atoms with E-state index < -0.39 is 16.0 Å². The third-order valence-corrected chi connectivity index (χ3v) is 5.37. The summed E-state index contributed by atoms with van der Waals surface area (Å²) in [5.74, 6) is -0.419. The molecule has 0 aliphatic heterocycles. The van der Waals surface area contributed by atoms with Gasteiger partial charge in [-0.3, -0.25) is 14.3 Å². The Balaban J connectivity index is 2.33. The lowest BCUT2D eigenvalue weighted by Crippen LogP contribution is -2.29. The molecular weight excluding hydrogens is 394 g/mol. The van der Waals surface area contributed by atoms with Gasteiger partial charge in [-0.05, 0) is 30.3 Å². The maximum absolute atomic E-state index is 12.6. The number of nitrogens with one attached hydrogen (secondary N) is 1. The SMILES string of the molecule is CC(=O)OCCN(CCC#N)c1ccc(C=O)c(NS(=O)(=O)c2ccccc2)c1. The summed E-state index contributed by atoms with van der Waals surface area (Å²) in [6, 6.07) is 14.5. The van der Waals surface area contributed by atoms with Crippen molar-refractivity contribution in [1.29, 1.82) is 5.26 Å². The number of nitrogens with zero attached hydrogens (tertiary/aromatic N) is 2. The van der Waals surface area contributed by atoms with E-state index in [4.69, 9.17) is 10.00 Å². The highest BCUT2D eigenvalue weighted by molar-refractivity contribution is 7.92. The molecule has 8 nitrogen and oxygen atoms in total. The number of esters is 1. The number of nitriles is 1. The van der Waals surface area contributed by atoms with E-state index in [-0.39, 0.29) is 29.2 Å². The van der Waals surface area contributed by atoms with E-state index in [0.29, 0.717) is 25.1 Å². The summed E-state index contributed by atoms with van der Waals surface area (Å²) in [5.41, 5.74) is 0.882. The van der Waals surface area contributed by atoms with Crippen LogP contribution < -0.4 is 9.62 Å². The van der Waals surface area contributed by atoms with Crippen molar-refractivity contribution in [3.63, 3.8) is 0 Å². The van der Waals surface area contributed by atoms with Crippen LogP contribution in [0.25, 0.3) is 0 Å². The monoisotopic (exact) mass is 415 g/mol. The van der Waals surface area contributed by atoms with Crippen LogP contribution in [-0.2, 0) is 19.6 Å². The first-order valence-corrected chi connectivity index (χ1v) is 10.3. The van der Waals surface area contributed by atoms with Crippen LogP contribution in [0.15, 0.2) is 53.4 Å². The number of rotatable bonds is 10. The average Bonchev–Trinajstić information content (AvgIpc) is 2.70.